The molecule has 1 aliphatic heterocycles. The summed E-state index contributed by atoms with van der Waals surface area (Å²) in [5.74, 6) is 3.63. The van der Waals surface area contributed by atoms with Gasteiger partial charge in [-0.3, -0.25) is 4.79 Å². The molecule has 13 heteroatoms. The second kappa shape index (κ2) is 13.5. The van der Waals surface area contributed by atoms with Gasteiger partial charge in [-0.15, -0.1) is 5.10 Å². The van der Waals surface area contributed by atoms with Crippen molar-refractivity contribution in [2.45, 2.75) is 75.8 Å². The molecule has 0 radical (unpaired) electrons. The lowest BCUT2D eigenvalue weighted by molar-refractivity contribution is 0.0981. The Kier molecular flexibility index (Phi) is 9.59. The summed E-state index contributed by atoms with van der Waals surface area (Å²) in [5.41, 5.74) is 0.0989. The van der Waals surface area contributed by atoms with Crippen molar-refractivity contribution < 1.29 is 17.9 Å². The number of nitrogens with one attached hydrogen (secondary N) is 2. The van der Waals surface area contributed by atoms with Crippen LogP contribution in [0.3, 0.4) is 0 Å². The van der Waals surface area contributed by atoms with Crippen molar-refractivity contribution in [1.82, 2.24) is 29.8 Å². The molecule has 3 aromatic heterocycles. The number of halogens is 1. The van der Waals surface area contributed by atoms with Crippen LogP contribution in [-0.2, 0) is 10.0 Å². The molecule has 1 atom stereocenters. The molecule has 1 saturated heterocycles. The maximum absolute atomic E-state index is 13.1. The average Bonchev–Trinajstić information content (AvgIpc) is 3.95. The first-order valence-electron chi connectivity index (χ1n) is 16.3. The monoisotopic (exact) mass is 669 g/mol. The van der Waals surface area contributed by atoms with Crippen LogP contribution >= 0.6 is 11.6 Å². The summed E-state index contributed by atoms with van der Waals surface area (Å²) in [5, 5.41) is 7.59. The van der Waals surface area contributed by atoms with E-state index in [2.05, 4.69) is 39.0 Å². The van der Waals surface area contributed by atoms with Crippen LogP contribution in [-0.4, -0.2) is 66.4 Å². The molecule has 2 aliphatic carbocycles. The van der Waals surface area contributed by atoms with Crippen LogP contribution < -0.4 is 19.7 Å². The summed E-state index contributed by atoms with van der Waals surface area (Å²) >= 11 is 6.36. The first-order chi connectivity index (χ1) is 22.0. The summed E-state index contributed by atoms with van der Waals surface area (Å²) in [7, 11) is -2.39. The van der Waals surface area contributed by atoms with E-state index in [0.29, 0.717) is 30.0 Å². The van der Waals surface area contributed by atoms with E-state index in [9.17, 15) is 13.2 Å². The first-order valence-corrected chi connectivity index (χ1v) is 18.2. The third-order valence-corrected chi connectivity index (χ3v) is 10.9. The Hall–Kier alpha value is -3.22. The van der Waals surface area contributed by atoms with Crippen molar-refractivity contribution in [1.29, 1.82) is 0 Å². The molecule has 1 amide bonds. The number of carbonyl (C=O) groups excluding carboxylic acids is 1. The molecule has 248 valence electrons. The number of sulfonamides is 1. The van der Waals surface area contributed by atoms with Gasteiger partial charge in [0.2, 0.25) is 5.88 Å². The third kappa shape index (κ3) is 8.19. The zero-order valence-electron chi connectivity index (χ0n) is 26.8. The van der Waals surface area contributed by atoms with Crippen molar-refractivity contribution in [3.8, 4) is 11.7 Å². The fourth-order valence-electron chi connectivity index (χ4n) is 6.66. The van der Waals surface area contributed by atoms with Gasteiger partial charge in [0.15, 0.2) is 10.8 Å². The highest BCUT2D eigenvalue weighted by atomic mass is 35.5. The van der Waals surface area contributed by atoms with E-state index < -0.39 is 15.9 Å². The molecule has 3 aliphatic rings. The van der Waals surface area contributed by atoms with Gasteiger partial charge in [0.05, 0.1) is 12.2 Å². The van der Waals surface area contributed by atoms with E-state index in [0.717, 1.165) is 56.5 Å². The van der Waals surface area contributed by atoms with Crippen molar-refractivity contribution in [2.24, 2.45) is 23.7 Å². The molecule has 11 nitrogen and oxygen atoms in total. The standard InChI is InChI=1S/C33H44ClN7O4S/c1-33(2)20-22(21-35-33)6-5-17-40(3)27-7-4-8-30(36-27)46(43,44)39-32(42)26-13-14-28(37-31(26)34)41-18-15-29(38-41)45-19-16-25(23-9-10-23)24-11-12-24/h4,7-8,13-15,18,22-25,35H,5-6,9-12,16-17,19-21H2,1-3H3,(H,39,42). The van der Waals surface area contributed by atoms with Crippen LogP contribution in [0.1, 0.15) is 75.6 Å². The Labute approximate surface area is 276 Å². The highest BCUT2D eigenvalue weighted by Gasteiger charge is 2.41. The van der Waals surface area contributed by atoms with E-state index in [1.807, 2.05) is 11.9 Å². The number of amides is 1. The quantitative estimate of drug-likeness (QED) is 0.209. The topological polar surface area (TPSA) is 131 Å². The smallest absolute Gasteiger partial charge is 0.281 e. The third-order valence-electron chi connectivity index (χ3n) is 9.41. The molecule has 3 fully saturated rings. The average molecular weight is 670 g/mol. The summed E-state index contributed by atoms with van der Waals surface area (Å²) < 4.78 is 35.8. The highest BCUT2D eigenvalue weighted by molar-refractivity contribution is 7.90. The Balaban J connectivity index is 1.02. The van der Waals surface area contributed by atoms with Gasteiger partial charge in [0.25, 0.3) is 15.9 Å². The molecule has 2 saturated carbocycles. The lowest BCUT2D eigenvalue weighted by Crippen LogP contribution is -2.32. The van der Waals surface area contributed by atoms with Crippen molar-refractivity contribution in [2.75, 3.05) is 31.6 Å². The molecule has 4 heterocycles. The second-order valence-corrected chi connectivity index (χ2v) is 15.7. The lowest BCUT2D eigenvalue weighted by Gasteiger charge is -2.20. The number of hydrogen-bond acceptors (Lipinski definition) is 9. The van der Waals surface area contributed by atoms with Gasteiger partial charge in [-0.1, -0.05) is 17.7 Å². The van der Waals surface area contributed by atoms with Gasteiger partial charge in [0, 0.05) is 31.4 Å². The van der Waals surface area contributed by atoms with Crippen LogP contribution in [0, 0.1) is 23.7 Å². The predicted octanol–water partition coefficient (Wildman–Crippen LogP) is 5.24. The maximum atomic E-state index is 13.1. The number of rotatable bonds is 15. The molecule has 0 bridgehead atoms. The van der Waals surface area contributed by atoms with E-state index in [1.54, 1.807) is 30.5 Å². The van der Waals surface area contributed by atoms with Gasteiger partial charge >= 0.3 is 0 Å². The zero-order chi connectivity index (χ0) is 32.5. The number of carbonyl (C=O) groups is 1. The molecule has 2 N–H and O–H groups in total. The summed E-state index contributed by atoms with van der Waals surface area (Å²) in [6.45, 7) is 6.82. The van der Waals surface area contributed by atoms with Gasteiger partial charge in [-0.2, -0.15) is 8.42 Å². The number of aromatic nitrogens is 4. The van der Waals surface area contributed by atoms with E-state index >= 15 is 0 Å². The second-order valence-electron chi connectivity index (χ2n) is 13.7. The fourth-order valence-corrected chi connectivity index (χ4v) is 7.82. The Morgan fingerprint density at radius 1 is 1.15 bits per heavy atom. The van der Waals surface area contributed by atoms with Crippen LogP contribution in [0.5, 0.6) is 5.88 Å². The Morgan fingerprint density at radius 3 is 2.59 bits per heavy atom. The minimum atomic E-state index is -4.27. The van der Waals surface area contributed by atoms with Crippen LogP contribution in [0.4, 0.5) is 5.82 Å². The summed E-state index contributed by atoms with van der Waals surface area (Å²) in [6, 6.07) is 9.47. The van der Waals surface area contributed by atoms with Gasteiger partial charge in [0.1, 0.15) is 11.0 Å². The first kappa shape index (κ1) is 32.7. The number of ether oxygens (including phenoxy) is 1. The normalized spacial score (nSPS) is 19.4. The van der Waals surface area contributed by atoms with Gasteiger partial charge in [-0.05, 0) is 120 Å². The SMILES string of the molecule is CN(CCCC1CNC(C)(C)C1)c1cccc(S(=O)(=O)NC(=O)c2ccc(-n3ccc(OCCC(C4CC4)C4CC4)n3)nc2Cl)n1. The van der Waals surface area contributed by atoms with Gasteiger partial charge < -0.3 is 15.0 Å². The Morgan fingerprint density at radius 2 is 1.91 bits per heavy atom. The van der Waals surface area contributed by atoms with E-state index in [4.69, 9.17) is 16.3 Å². The number of pyridine rings is 2. The lowest BCUT2D eigenvalue weighted by atomic mass is 9.94. The number of anilines is 1. The van der Waals surface area contributed by atoms with Crippen LogP contribution in [0.25, 0.3) is 5.82 Å². The predicted molar refractivity (Wildman–Crippen MR) is 177 cm³/mol. The molecular formula is C33H44ClN7O4S. The number of nitrogens with zero attached hydrogens (tertiary/aromatic N) is 5. The molecule has 1 unspecified atom stereocenters. The van der Waals surface area contributed by atoms with Crippen molar-refractivity contribution in [3.63, 3.8) is 0 Å². The van der Waals surface area contributed by atoms with Gasteiger partial charge in [-0.25, -0.2) is 19.4 Å². The summed E-state index contributed by atoms with van der Waals surface area (Å²) in [4.78, 5) is 23.6. The minimum absolute atomic E-state index is 0.0818. The number of hydrogen-bond donors (Lipinski definition) is 2. The fraction of sp³-hybridized carbons (Fsp3) is 0.576. The highest BCUT2D eigenvalue weighted by Crippen LogP contribution is 2.50. The molecule has 46 heavy (non-hydrogen) atoms. The largest absolute Gasteiger partial charge is 0.477 e. The summed E-state index contributed by atoms with van der Waals surface area (Å²) in [6.07, 6.45) is 11.3. The molecule has 0 spiro atoms. The maximum Gasteiger partial charge on any atom is 0.281 e. The van der Waals surface area contributed by atoms with Crippen molar-refractivity contribution >= 4 is 33.3 Å². The molecular weight excluding hydrogens is 626 g/mol. The van der Waals surface area contributed by atoms with E-state index in [1.165, 1.54) is 42.5 Å². The molecule has 0 aromatic carbocycles. The van der Waals surface area contributed by atoms with Crippen LogP contribution in [0.2, 0.25) is 5.15 Å². The minimum Gasteiger partial charge on any atom is -0.477 e. The van der Waals surface area contributed by atoms with Crippen LogP contribution in [0.15, 0.2) is 47.6 Å². The Bertz CT molecular complexity index is 1640. The zero-order valence-corrected chi connectivity index (χ0v) is 28.4. The molecule has 6 rings (SSSR count). The molecule has 3 aromatic rings. The van der Waals surface area contributed by atoms with Crippen molar-refractivity contribution in [3.05, 3.63) is 53.3 Å². The van der Waals surface area contributed by atoms with E-state index in [-0.39, 0.29) is 21.3 Å².